The van der Waals surface area contributed by atoms with Gasteiger partial charge in [0.1, 0.15) is 6.54 Å². The molecule has 30 heavy (non-hydrogen) atoms. The van der Waals surface area contributed by atoms with E-state index in [0.717, 1.165) is 44.9 Å². The van der Waals surface area contributed by atoms with Crippen LogP contribution in [0, 0.1) is 0 Å². The zero-order valence-corrected chi connectivity index (χ0v) is 21.0. The molecule has 0 aromatic carbocycles. The number of allylic oxidation sites excluding steroid dienone is 4. The second kappa shape index (κ2) is 16.2. The fourth-order valence-electron chi connectivity index (χ4n) is 3.63. The van der Waals surface area contributed by atoms with Crippen molar-refractivity contribution >= 4 is 7.60 Å². The van der Waals surface area contributed by atoms with E-state index in [1.54, 1.807) is 0 Å². The molecule has 0 aromatic heterocycles. The van der Waals surface area contributed by atoms with Gasteiger partial charge in [-0.15, -0.1) is 0 Å². The highest BCUT2D eigenvalue weighted by molar-refractivity contribution is 7.53. The molecule has 0 saturated carbocycles. The molecular weight excluding hydrogens is 397 g/mol. The summed E-state index contributed by atoms with van der Waals surface area (Å²) in [6.07, 6.45) is 24.0. The minimum atomic E-state index is -4.55. The molecule has 0 heterocycles. The summed E-state index contributed by atoms with van der Waals surface area (Å²) < 4.78 is 12.1. The maximum Gasteiger partial charge on any atom is 0.362 e. The Labute approximate surface area is 186 Å². The van der Waals surface area contributed by atoms with Crippen LogP contribution in [-0.4, -0.2) is 52.4 Å². The second-order valence-corrected chi connectivity index (χ2v) is 11.6. The van der Waals surface area contributed by atoms with Crippen LogP contribution in [0.3, 0.4) is 0 Å². The van der Waals surface area contributed by atoms with E-state index >= 15 is 0 Å². The van der Waals surface area contributed by atoms with Gasteiger partial charge in [0.05, 0.1) is 21.1 Å². The van der Waals surface area contributed by atoms with Gasteiger partial charge in [0.15, 0.2) is 0 Å². The van der Waals surface area contributed by atoms with Gasteiger partial charge in [0, 0.05) is 0 Å². The molecule has 0 amide bonds. The molecule has 0 spiro atoms. The molecule has 1 atom stereocenters. The van der Waals surface area contributed by atoms with Crippen molar-refractivity contribution in [2.24, 2.45) is 0 Å². The SMILES string of the molecule is CCCCCC/C=C\CC/C=C\CCCCCCCC(O)(C[N+](C)(C)C)P(=O)(O)O. The van der Waals surface area contributed by atoms with Gasteiger partial charge in [0.2, 0.25) is 5.34 Å². The van der Waals surface area contributed by atoms with Crippen molar-refractivity contribution in [3.63, 3.8) is 0 Å². The Morgan fingerprint density at radius 3 is 1.63 bits per heavy atom. The lowest BCUT2D eigenvalue weighted by Gasteiger charge is -2.35. The lowest BCUT2D eigenvalue weighted by Crippen LogP contribution is -2.49. The highest BCUT2D eigenvalue weighted by Crippen LogP contribution is 2.52. The van der Waals surface area contributed by atoms with E-state index in [0.29, 0.717) is 10.9 Å². The number of hydrogen-bond acceptors (Lipinski definition) is 2. The van der Waals surface area contributed by atoms with Crippen molar-refractivity contribution in [1.82, 2.24) is 0 Å². The van der Waals surface area contributed by atoms with E-state index in [1.165, 1.54) is 32.1 Å². The van der Waals surface area contributed by atoms with Gasteiger partial charge in [-0.25, -0.2) is 0 Å². The van der Waals surface area contributed by atoms with Crippen LogP contribution in [0.15, 0.2) is 24.3 Å². The predicted molar refractivity (Wildman–Crippen MR) is 128 cm³/mol. The van der Waals surface area contributed by atoms with Crippen molar-refractivity contribution in [1.29, 1.82) is 0 Å². The van der Waals surface area contributed by atoms with Crippen LogP contribution in [-0.2, 0) is 4.57 Å². The average molecular weight is 447 g/mol. The zero-order valence-electron chi connectivity index (χ0n) is 20.1. The number of aliphatic hydroxyl groups is 1. The van der Waals surface area contributed by atoms with E-state index in [4.69, 9.17) is 0 Å². The topological polar surface area (TPSA) is 77.8 Å². The maximum absolute atomic E-state index is 11.8. The molecule has 3 N–H and O–H groups in total. The van der Waals surface area contributed by atoms with Crippen molar-refractivity contribution in [3.05, 3.63) is 24.3 Å². The first-order valence-corrected chi connectivity index (χ1v) is 13.5. The summed E-state index contributed by atoms with van der Waals surface area (Å²) in [5, 5.41) is 8.60. The third-order valence-corrected chi connectivity index (χ3v) is 6.72. The zero-order chi connectivity index (χ0) is 22.9. The summed E-state index contributed by atoms with van der Waals surface area (Å²) >= 11 is 0. The largest absolute Gasteiger partial charge is 0.373 e. The predicted octanol–water partition coefficient (Wildman–Crippen LogP) is 6.15. The minimum absolute atomic E-state index is 0.0517. The summed E-state index contributed by atoms with van der Waals surface area (Å²) in [5.74, 6) is 0. The monoisotopic (exact) mass is 446 g/mol. The summed E-state index contributed by atoms with van der Waals surface area (Å²) in [7, 11) is 0.948. The van der Waals surface area contributed by atoms with Gasteiger partial charge in [-0.1, -0.05) is 69.8 Å². The molecule has 178 valence electrons. The number of rotatable bonds is 19. The smallest absolute Gasteiger partial charge is 0.362 e. The van der Waals surface area contributed by atoms with Crippen molar-refractivity contribution in [3.8, 4) is 0 Å². The number of quaternary nitrogens is 1. The fraction of sp³-hybridized carbons (Fsp3) is 0.833. The molecule has 0 aliphatic rings. The van der Waals surface area contributed by atoms with Gasteiger partial charge in [-0.3, -0.25) is 4.57 Å². The Bertz CT molecular complexity index is 522. The average Bonchev–Trinajstić information content (AvgIpc) is 2.62. The Morgan fingerprint density at radius 2 is 1.17 bits per heavy atom. The molecule has 0 fully saturated rings. The third-order valence-electron chi connectivity index (χ3n) is 5.28. The quantitative estimate of drug-likeness (QED) is 0.0962. The third kappa shape index (κ3) is 16.3. The molecule has 0 aliphatic heterocycles. The summed E-state index contributed by atoms with van der Waals surface area (Å²) in [4.78, 5) is 19.1. The van der Waals surface area contributed by atoms with Gasteiger partial charge in [-0.05, 0) is 51.4 Å². The number of nitrogens with zero attached hydrogens (tertiary/aromatic N) is 1. The first kappa shape index (κ1) is 29.5. The first-order valence-electron chi connectivity index (χ1n) is 11.9. The standard InChI is InChI=1S/C24H48NO4P/c1-5-6-7-8-9-10-11-12-13-14-15-16-17-18-19-20-21-22-24(26,30(27,28)29)23-25(2,3)4/h10-11,14-15,26H,5-9,12-13,16-23H2,1-4H3,(H-,27,28,29)/p+1/b11-10-,15-14-. The van der Waals surface area contributed by atoms with E-state index in [-0.39, 0.29) is 13.0 Å². The molecule has 6 heteroatoms. The van der Waals surface area contributed by atoms with E-state index in [2.05, 4.69) is 31.2 Å². The van der Waals surface area contributed by atoms with Crippen molar-refractivity contribution < 1.29 is 23.9 Å². The minimum Gasteiger partial charge on any atom is -0.373 e. The summed E-state index contributed by atoms with van der Waals surface area (Å²) in [6.45, 7) is 2.29. The molecule has 0 aromatic rings. The number of unbranched alkanes of at least 4 members (excludes halogenated alkanes) is 10. The van der Waals surface area contributed by atoms with Crippen LogP contribution in [0.2, 0.25) is 0 Å². The molecule has 5 nitrogen and oxygen atoms in total. The number of hydrogen-bond donors (Lipinski definition) is 3. The Morgan fingerprint density at radius 1 is 0.733 bits per heavy atom. The van der Waals surface area contributed by atoms with Crippen LogP contribution in [0.1, 0.15) is 96.8 Å². The Hall–Kier alpha value is -0.450. The molecular formula is C24H49NO4P+. The lowest BCUT2D eigenvalue weighted by molar-refractivity contribution is -0.875. The van der Waals surface area contributed by atoms with Gasteiger partial charge < -0.3 is 19.4 Å². The second-order valence-electron chi connectivity index (χ2n) is 9.65. The van der Waals surface area contributed by atoms with E-state index in [1.807, 2.05) is 21.1 Å². The van der Waals surface area contributed by atoms with Crippen LogP contribution in [0.4, 0.5) is 0 Å². The normalized spacial score (nSPS) is 15.3. The molecule has 0 bridgehead atoms. The number of likely N-dealkylation sites (N-methyl/N-ethyl adjacent to an activating group) is 1. The van der Waals surface area contributed by atoms with Crippen molar-refractivity contribution in [2.75, 3.05) is 27.7 Å². The van der Waals surface area contributed by atoms with Crippen LogP contribution < -0.4 is 0 Å². The van der Waals surface area contributed by atoms with Gasteiger partial charge in [0.25, 0.3) is 0 Å². The van der Waals surface area contributed by atoms with Crippen molar-refractivity contribution in [2.45, 2.75) is 102 Å². The molecule has 0 aliphatic carbocycles. The molecule has 1 unspecified atom stereocenters. The molecule has 0 saturated heterocycles. The molecule has 0 rings (SSSR count). The van der Waals surface area contributed by atoms with Crippen LogP contribution in [0.25, 0.3) is 0 Å². The first-order chi connectivity index (χ1) is 14.0. The Kier molecular flexibility index (Phi) is 16.0. The Balaban J connectivity index is 3.76. The van der Waals surface area contributed by atoms with Crippen LogP contribution in [0.5, 0.6) is 0 Å². The van der Waals surface area contributed by atoms with Gasteiger partial charge >= 0.3 is 7.60 Å². The summed E-state index contributed by atoms with van der Waals surface area (Å²) in [6, 6.07) is 0. The maximum atomic E-state index is 11.8. The highest BCUT2D eigenvalue weighted by atomic mass is 31.2. The summed E-state index contributed by atoms with van der Waals surface area (Å²) in [5.41, 5.74) is 0. The van der Waals surface area contributed by atoms with Crippen LogP contribution >= 0.6 is 7.60 Å². The van der Waals surface area contributed by atoms with E-state index < -0.39 is 12.9 Å². The highest BCUT2D eigenvalue weighted by Gasteiger charge is 2.48. The van der Waals surface area contributed by atoms with Gasteiger partial charge in [-0.2, -0.15) is 0 Å². The fourth-order valence-corrected chi connectivity index (χ4v) is 4.69. The van der Waals surface area contributed by atoms with E-state index in [9.17, 15) is 19.5 Å². The lowest BCUT2D eigenvalue weighted by atomic mass is 10.1. The molecule has 0 radical (unpaired) electrons.